The van der Waals surface area contributed by atoms with Crippen molar-refractivity contribution < 1.29 is 19.1 Å². The number of nitrogens with two attached hydrogens (primary N) is 1. The van der Waals surface area contributed by atoms with Gasteiger partial charge in [-0.2, -0.15) is 0 Å². The monoisotopic (exact) mass is 375 g/mol. The Bertz CT molecular complexity index is 765. The van der Waals surface area contributed by atoms with Crippen molar-refractivity contribution >= 4 is 5.69 Å². The Balaban J connectivity index is 2.29. The zero-order chi connectivity index (χ0) is 19.8. The van der Waals surface area contributed by atoms with Gasteiger partial charge < -0.3 is 19.9 Å². The van der Waals surface area contributed by atoms with Crippen LogP contribution in [-0.2, 0) is 13.1 Å². The van der Waals surface area contributed by atoms with E-state index in [1.54, 1.807) is 13.2 Å². The third-order valence-electron chi connectivity index (χ3n) is 4.19. The number of rotatable bonds is 10. The molecule has 2 rings (SSSR count). The maximum absolute atomic E-state index is 11.5. The molecule has 0 saturated heterocycles. The van der Waals surface area contributed by atoms with Gasteiger partial charge in [-0.1, -0.05) is 12.1 Å². The number of hydrogen-bond donors (Lipinski definition) is 1. The van der Waals surface area contributed by atoms with Gasteiger partial charge in [0.1, 0.15) is 5.75 Å². The topological polar surface area (TPSA) is 100 Å². The zero-order valence-corrected chi connectivity index (χ0v) is 15.8. The minimum Gasteiger partial charge on any atom is -0.497 e. The van der Waals surface area contributed by atoms with E-state index in [0.717, 1.165) is 11.3 Å². The van der Waals surface area contributed by atoms with E-state index in [1.165, 1.54) is 20.3 Å². The lowest BCUT2D eigenvalue weighted by atomic mass is 10.1. The van der Waals surface area contributed by atoms with Gasteiger partial charge in [0, 0.05) is 31.7 Å². The molecule has 2 aromatic rings. The molecule has 0 spiro atoms. The van der Waals surface area contributed by atoms with Crippen molar-refractivity contribution in [1.29, 1.82) is 0 Å². The molecule has 0 bridgehead atoms. The van der Waals surface area contributed by atoms with Crippen molar-refractivity contribution in [3.05, 3.63) is 57.6 Å². The molecule has 0 aliphatic heterocycles. The maximum atomic E-state index is 11.5. The number of hydrogen-bond acceptors (Lipinski definition) is 7. The molecule has 0 saturated carbocycles. The van der Waals surface area contributed by atoms with Crippen LogP contribution in [0.5, 0.6) is 17.2 Å². The van der Waals surface area contributed by atoms with E-state index < -0.39 is 4.92 Å². The summed E-state index contributed by atoms with van der Waals surface area (Å²) in [5.74, 6) is 1.56. The van der Waals surface area contributed by atoms with Crippen LogP contribution in [0.25, 0.3) is 0 Å². The first-order chi connectivity index (χ1) is 13.0. The van der Waals surface area contributed by atoms with Crippen molar-refractivity contribution in [2.24, 2.45) is 5.73 Å². The van der Waals surface area contributed by atoms with Crippen LogP contribution in [0.4, 0.5) is 5.69 Å². The number of methoxy groups -OCH3 is 3. The highest BCUT2D eigenvalue weighted by molar-refractivity contribution is 5.54. The molecule has 27 heavy (non-hydrogen) atoms. The normalized spacial score (nSPS) is 10.7. The van der Waals surface area contributed by atoms with Crippen LogP contribution in [0.15, 0.2) is 36.4 Å². The van der Waals surface area contributed by atoms with Gasteiger partial charge in [0.15, 0.2) is 11.5 Å². The molecule has 8 heteroatoms. The van der Waals surface area contributed by atoms with Crippen molar-refractivity contribution in [3.63, 3.8) is 0 Å². The van der Waals surface area contributed by atoms with Crippen LogP contribution >= 0.6 is 0 Å². The van der Waals surface area contributed by atoms with Crippen molar-refractivity contribution in [2.75, 3.05) is 34.4 Å². The lowest BCUT2D eigenvalue weighted by molar-refractivity contribution is -0.385. The molecule has 0 aromatic heterocycles. The van der Waals surface area contributed by atoms with Gasteiger partial charge >= 0.3 is 0 Å². The largest absolute Gasteiger partial charge is 0.497 e. The molecule has 0 heterocycles. The Kier molecular flexibility index (Phi) is 7.39. The number of nitro groups is 1. The van der Waals surface area contributed by atoms with E-state index in [-0.39, 0.29) is 5.69 Å². The summed E-state index contributed by atoms with van der Waals surface area (Å²) in [6.07, 6.45) is 0. The molecule has 2 aromatic carbocycles. The Morgan fingerprint density at radius 3 is 2.15 bits per heavy atom. The van der Waals surface area contributed by atoms with Crippen LogP contribution in [0.3, 0.4) is 0 Å². The van der Waals surface area contributed by atoms with Crippen molar-refractivity contribution in [2.45, 2.75) is 13.1 Å². The fraction of sp³-hybridized carbons (Fsp3) is 0.368. The number of nitrogens with zero attached hydrogens (tertiary/aromatic N) is 2. The standard InChI is InChI=1S/C19H25N3O5/c1-25-16-6-4-14(5-7-16)12-21(9-8-20)13-15-10-18(26-2)19(27-3)11-17(15)22(23)24/h4-7,10-11H,8-9,12-13,20H2,1-3H3. The Morgan fingerprint density at radius 2 is 1.63 bits per heavy atom. The molecule has 146 valence electrons. The van der Waals surface area contributed by atoms with E-state index in [2.05, 4.69) is 4.90 Å². The maximum Gasteiger partial charge on any atom is 0.277 e. The molecule has 0 unspecified atom stereocenters. The van der Waals surface area contributed by atoms with Crippen LogP contribution in [-0.4, -0.2) is 44.2 Å². The summed E-state index contributed by atoms with van der Waals surface area (Å²) in [5, 5.41) is 11.5. The SMILES string of the molecule is COc1ccc(CN(CCN)Cc2cc(OC)c(OC)cc2[N+](=O)[O-])cc1. The van der Waals surface area contributed by atoms with Gasteiger partial charge in [-0.25, -0.2) is 0 Å². The average Bonchev–Trinajstić information content (AvgIpc) is 2.68. The minimum absolute atomic E-state index is 0.00981. The zero-order valence-electron chi connectivity index (χ0n) is 15.8. The predicted molar refractivity (Wildman–Crippen MR) is 102 cm³/mol. The molecule has 2 N–H and O–H groups in total. The lowest BCUT2D eigenvalue weighted by Gasteiger charge is -2.22. The third kappa shape index (κ3) is 5.32. The fourth-order valence-electron chi connectivity index (χ4n) is 2.83. The second-order valence-corrected chi connectivity index (χ2v) is 5.94. The Morgan fingerprint density at radius 1 is 1.00 bits per heavy atom. The van der Waals surface area contributed by atoms with Crippen molar-refractivity contribution in [1.82, 2.24) is 4.90 Å². The first kappa shape index (κ1) is 20.5. The summed E-state index contributed by atoms with van der Waals surface area (Å²) in [6.45, 7) is 2.00. The van der Waals surface area contributed by atoms with Crippen LogP contribution in [0, 0.1) is 10.1 Å². The first-order valence-corrected chi connectivity index (χ1v) is 8.47. The molecule has 0 fully saturated rings. The smallest absolute Gasteiger partial charge is 0.277 e. The average molecular weight is 375 g/mol. The Labute approximate surface area is 158 Å². The van der Waals surface area contributed by atoms with Gasteiger partial charge in [0.05, 0.1) is 32.3 Å². The van der Waals surface area contributed by atoms with Crippen LogP contribution in [0.2, 0.25) is 0 Å². The third-order valence-corrected chi connectivity index (χ3v) is 4.19. The molecule has 0 aliphatic carbocycles. The van der Waals surface area contributed by atoms with E-state index in [9.17, 15) is 10.1 Å². The molecular formula is C19H25N3O5. The van der Waals surface area contributed by atoms with E-state index in [1.807, 2.05) is 24.3 Å². The highest BCUT2D eigenvalue weighted by Gasteiger charge is 2.21. The highest BCUT2D eigenvalue weighted by Crippen LogP contribution is 2.35. The van der Waals surface area contributed by atoms with E-state index >= 15 is 0 Å². The van der Waals surface area contributed by atoms with E-state index in [0.29, 0.717) is 43.2 Å². The summed E-state index contributed by atoms with van der Waals surface area (Å²) in [5.41, 5.74) is 7.34. The van der Waals surface area contributed by atoms with E-state index in [4.69, 9.17) is 19.9 Å². The molecule has 0 aliphatic rings. The molecular weight excluding hydrogens is 350 g/mol. The van der Waals surface area contributed by atoms with Gasteiger partial charge in [-0.15, -0.1) is 0 Å². The Hall–Kier alpha value is -2.84. The predicted octanol–water partition coefficient (Wildman–Crippen LogP) is 2.58. The number of ether oxygens (including phenoxy) is 3. The molecule has 0 radical (unpaired) electrons. The number of benzene rings is 2. The summed E-state index contributed by atoms with van der Waals surface area (Å²) < 4.78 is 15.6. The summed E-state index contributed by atoms with van der Waals surface area (Å²) >= 11 is 0. The summed E-state index contributed by atoms with van der Waals surface area (Å²) in [4.78, 5) is 13.2. The van der Waals surface area contributed by atoms with Crippen LogP contribution < -0.4 is 19.9 Å². The lowest BCUT2D eigenvalue weighted by Crippen LogP contribution is -2.29. The number of nitro benzene ring substituents is 1. The van der Waals surface area contributed by atoms with Gasteiger partial charge in [0.25, 0.3) is 5.69 Å². The first-order valence-electron chi connectivity index (χ1n) is 8.47. The van der Waals surface area contributed by atoms with Gasteiger partial charge in [-0.3, -0.25) is 15.0 Å². The molecule has 8 nitrogen and oxygen atoms in total. The second kappa shape index (κ2) is 9.75. The minimum atomic E-state index is -0.411. The highest BCUT2D eigenvalue weighted by atomic mass is 16.6. The molecule has 0 atom stereocenters. The fourth-order valence-corrected chi connectivity index (χ4v) is 2.83. The van der Waals surface area contributed by atoms with Gasteiger partial charge in [0.2, 0.25) is 0 Å². The molecule has 0 amide bonds. The summed E-state index contributed by atoms with van der Waals surface area (Å²) in [7, 11) is 4.57. The van der Waals surface area contributed by atoms with Crippen LogP contribution in [0.1, 0.15) is 11.1 Å². The quantitative estimate of drug-likeness (QED) is 0.503. The second-order valence-electron chi connectivity index (χ2n) is 5.94. The summed E-state index contributed by atoms with van der Waals surface area (Å²) in [6, 6.07) is 10.7. The van der Waals surface area contributed by atoms with Gasteiger partial charge in [-0.05, 0) is 23.8 Å². The van der Waals surface area contributed by atoms with Crippen molar-refractivity contribution in [3.8, 4) is 17.2 Å².